The minimum Gasteiger partial charge on any atom is -0.490 e. The number of carbonyl (C=O) groups is 2. The molecule has 1 N–H and O–H groups in total. The minimum atomic E-state index is -0.883. The van der Waals surface area contributed by atoms with Crippen molar-refractivity contribution >= 4 is 11.9 Å². The van der Waals surface area contributed by atoms with Crippen LogP contribution in [0.3, 0.4) is 0 Å². The first-order valence-corrected chi connectivity index (χ1v) is 8.43. The molecule has 1 fully saturated rings. The third-order valence-corrected chi connectivity index (χ3v) is 3.83. The molecule has 25 heavy (non-hydrogen) atoms. The Balaban J connectivity index is 2.03. The van der Waals surface area contributed by atoms with E-state index in [-0.39, 0.29) is 24.7 Å². The Morgan fingerprint density at radius 3 is 2.80 bits per heavy atom. The molecule has 0 radical (unpaired) electrons. The summed E-state index contributed by atoms with van der Waals surface area (Å²) in [6, 6.07) is 7.23. The van der Waals surface area contributed by atoms with E-state index >= 15 is 0 Å². The van der Waals surface area contributed by atoms with Crippen LogP contribution in [0.15, 0.2) is 24.3 Å². The summed E-state index contributed by atoms with van der Waals surface area (Å²) in [5.41, 5.74) is 0.538. The average molecular weight is 350 g/mol. The molecule has 1 aliphatic rings. The molecule has 0 bridgehead atoms. The summed E-state index contributed by atoms with van der Waals surface area (Å²) in [4.78, 5) is 27.1. The van der Waals surface area contributed by atoms with Crippen molar-refractivity contribution in [1.82, 2.24) is 9.80 Å². The number of hydrogen-bond acceptors (Lipinski definition) is 5. The molecule has 1 unspecified atom stereocenters. The fourth-order valence-corrected chi connectivity index (χ4v) is 2.83. The van der Waals surface area contributed by atoms with Crippen molar-refractivity contribution in [3.8, 4) is 5.75 Å². The van der Waals surface area contributed by atoms with Crippen LogP contribution in [-0.4, -0.2) is 78.8 Å². The van der Waals surface area contributed by atoms with Crippen molar-refractivity contribution in [2.45, 2.75) is 26.1 Å². The molecule has 7 nitrogen and oxygen atoms in total. The highest BCUT2D eigenvalue weighted by Gasteiger charge is 2.27. The maximum atomic E-state index is 12.9. The molecule has 1 aliphatic heterocycles. The average Bonchev–Trinajstić information content (AvgIpc) is 2.53. The molecule has 7 heteroatoms. The Kier molecular flexibility index (Phi) is 6.78. The first kappa shape index (κ1) is 19.2. The van der Waals surface area contributed by atoms with Gasteiger partial charge >= 0.3 is 5.97 Å². The Bertz CT molecular complexity index is 605. The summed E-state index contributed by atoms with van der Waals surface area (Å²) < 4.78 is 11.4. The summed E-state index contributed by atoms with van der Waals surface area (Å²) in [5.74, 6) is -0.398. The molecule has 1 amide bonds. The number of benzene rings is 1. The second-order valence-corrected chi connectivity index (χ2v) is 6.50. The van der Waals surface area contributed by atoms with Crippen LogP contribution < -0.4 is 4.74 Å². The second kappa shape index (κ2) is 8.82. The van der Waals surface area contributed by atoms with E-state index in [1.807, 2.05) is 26.0 Å². The predicted molar refractivity (Wildman–Crippen MR) is 93.0 cm³/mol. The summed E-state index contributed by atoms with van der Waals surface area (Å²) >= 11 is 0. The number of carbonyl (C=O) groups excluding carboxylic acids is 1. The molecule has 1 aromatic rings. The van der Waals surface area contributed by atoms with Gasteiger partial charge < -0.3 is 19.5 Å². The van der Waals surface area contributed by atoms with Crippen LogP contribution in [0, 0.1) is 0 Å². The van der Waals surface area contributed by atoms with Crippen molar-refractivity contribution in [2.75, 3.05) is 39.8 Å². The van der Waals surface area contributed by atoms with E-state index in [4.69, 9.17) is 14.6 Å². The van der Waals surface area contributed by atoms with E-state index in [0.717, 1.165) is 0 Å². The fourth-order valence-electron chi connectivity index (χ4n) is 2.83. The lowest BCUT2D eigenvalue weighted by molar-refractivity contribution is -0.138. The lowest BCUT2D eigenvalue weighted by Gasteiger charge is -2.35. The number of hydrogen-bond donors (Lipinski definition) is 1. The third-order valence-electron chi connectivity index (χ3n) is 3.83. The Labute approximate surface area is 148 Å². The van der Waals surface area contributed by atoms with Crippen LogP contribution >= 0.6 is 0 Å². The van der Waals surface area contributed by atoms with E-state index in [2.05, 4.69) is 0 Å². The molecule has 0 spiro atoms. The highest BCUT2D eigenvalue weighted by Crippen LogP contribution is 2.22. The zero-order chi connectivity index (χ0) is 18.4. The van der Waals surface area contributed by atoms with Crippen molar-refractivity contribution in [2.24, 2.45) is 0 Å². The van der Waals surface area contributed by atoms with E-state index < -0.39 is 5.97 Å². The van der Waals surface area contributed by atoms with Gasteiger partial charge in [-0.3, -0.25) is 14.5 Å². The number of ether oxygens (including phenoxy) is 2. The van der Waals surface area contributed by atoms with Crippen LogP contribution in [0.2, 0.25) is 0 Å². The minimum absolute atomic E-state index is 0.0175. The summed E-state index contributed by atoms with van der Waals surface area (Å²) in [6.45, 7) is 5.62. The normalized spacial score (nSPS) is 17.8. The topological polar surface area (TPSA) is 79.3 Å². The number of morpholine rings is 1. The van der Waals surface area contributed by atoms with Crippen LogP contribution in [0.1, 0.15) is 24.2 Å². The van der Waals surface area contributed by atoms with Gasteiger partial charge in [0, 0.05) is 19.6 Å². The zero-order valence-corrected chi connectivity index (χ0v) is 15.0. The van der Waals surface area contributed by atoms with Gasteiger partial charge in [0.2, 0.25) is 0 Å². The van der Waals surface area contributed by atoms with Gasteiger partial charge in [-0.25, -0.2) is 0 Å². The Morgan fingerprint density at radius 2 is 2.12 bits per heavy atom. The highest BCUT2D eigenvalue weighted by atomic mass is 16.5. The van der Waals surface area contributed by atoms with Crippen molar-refractivity contribution in [3.05, 3.63) is 29.8 Å². The van der Waals surface area contributed by atoms with Gasteiger partial charge in [0.05, 0.1) is 30.9 Å². The first-order chi connectivity index (χ1) is 11.9. The van der Waals surface area contributed by atoms with Crippen molar-refractivity contribution in [1.29, 1.82) is 0 Å². The van der Waals surface area contributed by atoms with Crippen LogP contribution in [0.25, 0.3) is 0 Å². The van der Waals surface area contributed by atoms with E-state index in [1.54, 1.807) is 29.0 Å². The second-order valence-electron chi connectivity index (χ2n) is 6.50. The first-order valence-electron chi connectivity index (χ1n) is 8.43. The van der Waals surface area contributed by atoms with Crippen LogP contribution in [0.4, 0.5) is 0 Å². The molecule has 1 aromatic carbocycles. The molecule has 1 heterocycles. The lowest BCUT2D eigenvalue weighted by Crippen LogP contribution is -2.49. The number of para-hydroxylation sites is 1. The van der Waals surface area contributed by atoms with E-state index in [1.165, 1.54) is 0 Å². The van der Waals surface area contributed by atoms with Gasteiger partial charge in [0.15, 0.2) is 0 Å². The van der Waals surface area contributed by atoms with Crippen LogP contribution in [0.5, 0.6) is 5.75 Å². The van der Waals surface area contributed by atoms with Gasteiger partial charge in [-0.2, -0.15) is 0 Å². The molecule has 138 valence electrons. The number of nitrogens with zero attached hydrogens (tertiary/aromatic N) is 2. The molecule has 0 saturated carbocycles. The molecular weight excluding hydrogens is 324 g/mol. The standard InChI is InChI=1S/C18H26N2O5/c1-13(2)25-16-7-5-4-6-15(16)18(23)20-8-9-24-14(11-20)10-19(3)12-17(21)22/h4-7,13-14H,8-12H2,1-3H3,(H,21,22). The summed E-state index contributed by atoms with van der Waals surface area (Å²) in [5, 5.41) is 8.84. The molecular formula is C18H26N2O5. The van der Waals surface area contributed by atoms with Gasteiger partial charge in [-0.05, 0) is 33.0 Å². The zero-order valence-electron chi connectivity index (χ0n) is 15.0. The van der Waals surface area contributed by atoms with E-state index in [9.17, 15) is 9.59 Å². The largest absolute Gasteiger partial charge is 0.490 e. The van der Waals surface area contributed by atoms with Crippen molar-refractivity contribution < 1.29 is 24.2 Å². The number of carboxylic acid groups (broad SMARTS) is 1. The smallest absolute Gasteiger partial charge is 0.317 e. The number of aliphatic carboxylic acids is 1. The molecule has 0 aromatic heterocycles. The Morgan fingerprint density at radius 1 is 1.40 bits per heavy atom. The fraction of sp³-hybridized carbons (Fsp3) is 0.556. The quantitative estimate of drug-likeness (QED) is 0.799. The van der Waals surface area contributed by atoms with Gasteiger partial charge in [-0.15, -0.1) is 0 Å². The highest BCUT2D eigenvalue weighted by molar-refractivity contribution is 5.97. The lowest BCUT2D eigenvalue weighted by atomic mass is 10.1. The maximum absolute atomic E-state index is 12.9. The number of amides is 1. The molecule has 2 rings (SSSR count). The van der Waals surface area contributed by atoms with Gasteiger partial charge in [0.25, 0.3) is 5.91 Å². The van der Waals surface area contributed by atoms with Gasteiger partial charge in [0.1, 0.15) is 5.75 Å². The SMILES string of the molecule is CC(C)Oc1ccccc1C(=O)N1CCOC(CN(C)CC(=O)O)C1. The molecule has 1 saturated heterocycles. The van der Waals surface area contributed by atoms with Crippen LogP contribution in [-0.2, 0) is 9.53 Å². The van der Waals surface area contributed by atoms with Crippen molar-refractivity contribution in [3.63, 3.8) is 0 Å². The monoisotopic (exact) mass is 350 g/mol. The number of rotatable bonds is 7. The summed E-state index contributed by atoms with van der Waals surface area (Å²) in [7, 11) is 1.73. The predicted octanol–water partition coefficient (Wildman–Crippen LogP) is 1.33. The molecule has 0 aliphatic carbocycles. The maximum Gasteiger partial charge on any atom is 0.317 e. The Hall–Kier alpha value is -2.12. The third kappa shape index (κ3) is 5.72. The van der Waals surface area contributed by atoms with Gasteiger partial charge in [-0.1, -0.05) is 12.1 Å². The number of carboxylic acids is 1. The number of likely N-dealkylation sites (N-methyl/N-ethyl adjacent to an activating group) is 1. The molecule has 1 atom stereocenters. The summed E-state index contributed by atoms with van der Waals surface area (Å²) in [6.07, 6.45) is -0.226. The van der Waals surface area contributed by atoms with E-state index in [0.29, 0.717) is 37.6 Å².